The summed E-state index contributed by atoms with van der Waals surface area (Å²) in [6.07, 6.45) is 3.06. The molecule has 0 saturated heterocycles. The van der Waals surface area contributed by atoms with Gasteiger partial charge in [-0.1, -0.05) is 30.3 Å². The van der Waals surface area contributed by atoms with Gasteiger partial charge in [0.1, 0.15) is 6.04 Å². The Kier molecular flexibility index (Phi) is 3.67. The van der Waals surface area contributed by atoms with E-state index < -0.39 is 6.04 Å². The minimum Gasteiger partial charge on any atom is -0.332 e. The predicted octanol–water partition coefficient (Wildman–Crippen LogP) is 2.08. The van der Waals surface area contributed by atoms with E-state index in [0.717, 1.165) is 5.56 Å². The van der Waals surface area contributed by atoms with Crippen molar-refractivity contribution in [2.24, 2.45) is 0 Å². The lowest BCUT2D eigenvalue weighted by Gasteiger charge is -2.11. The summed E-state index contributed by atoms with van der Waals surface area (Å²) in [4.78, 5) is 15.8. The summed E-state index contributed by atoms with van der Waals surface area (Å²) >= 11 is 0. The Morgan fingerprint density at radius 3 is 2.61 bits per heavy atom. The lowest BCUT2D eigenvalue weighted by atomic mass is 10.1. The van der Waals surface area contributed by atoms with Crippen LogP contribution in [0.4, 0.5) is 0 Å². The van der Waals surface area contributed by atoms with Crippen LogP contribution in [0, 0.1) is 11.3 Å². The van der Waals surface area contributed by atoms with Crippen LogP contribution in [0.3, 0.4) is 0 Å². The van der Waals surface area contributed by atoms with E-state index in [1.807, 2.05) is 18.2 Å². The van der Waals surface area contributed by atoms with Crippen LogP contribution >= 0.6 is 0 Å². The first-order valence-corrected chi connectivity index (χ1v) is 5.46. The van der Waals surface area contributed by atoms with Crippen molar-refractivity contribution in [3.05, 3.63) is 66.0 Å². The van der Waals surface area contributed by atoms with Gasteiger partial charge >= 0.3 is 0 Å². The highest BCUT2D eigenvalue weighted by Gasteiger charge is 2.14. The summed E-state index contributed by atoms with van der Waals surface area (Å²) in [6, 6.07) is 13.9. The van der Waals surface area contributed by atoms with E-state index in [9.17, 15) is 4.79 Å². The molecule has 0 saturated carbocycles. The topological polar surface area (TPSA) is 65.8 Å². The lowest BCUT2D eigenvalue weighted by Crippen LogP contribution is -2.27. The molecule has 1 N–H and O–H groups in total. The normalized spacial score (nSPS) is 11.3. The average molecular weight is 237 g/mol. The molecule has 1 amide bonds. The van der Waals surface area contributed by atoms with Crippen LogP contribution in [-0.2, 0) is 0 Å². The fraction of sp³-hybridized carbons (Fsp3) is 0.0714. The molecule has 0 bridgehead atoms. The highest BCUT2D eigenvalue weighted by Crippen LogP contribution is 2.12. The van der Waals surface area contributed by atoms with Crippen LogP contribution in [-0.4, -0.2) is 10.9 Å². The van der Waals surface area contributed by atoms with E-state index in [-0.39, 0.29) is 5.91 Å². The van der Waals surface area contributed by atoms with Gasteiger partial charge in [-0.2, -0.15) is 5.26 Å². The number of carbonyl (C=O) groups is 1. The molecule has 18 heavy (non-hydrogen) atoms. The van der Waals surface area contributed by atoms with Gasteiger partial charge < -0.3 is 5.32 Å². The molecule has 1 heterocycles. The fourth-order valence-corrected chi connectivity index (χ4v) is 1.55. The molecule has 0 aliphatic heterocycles. The van der Waals surface area contributed by atoms with Crippen LogP contribution in [0.25, 0.3) is 0 Å². The molecule has 0 fully saturated rings. The van der Waals surface area contributed by atoms with Gasteiger partial charge in [0.25, 0.3) is 5.91 Å². The molecule has 4 heteroatoms. The Balaban J connectivity index is 2.14. The second-order valence-electron chi connectivity index (χ2n) is 3.69. The zero-order chi connectivity index (χ0) is 12.8. The molecular weight excluding hydrogens is 226 g/mol. The van der Waals surface area contributed by atoms with Crippen molar-refractivity contribution in [2.45, 2.75) is 6.04 Å². The zero-order valence-electron chi connectivity index (χ0n) is 9.58. The van der Waals surface area contributed by atoms with Gasteiger partial charge in [-0.25, -0.2) is 0 Å². The molecule has 1 aromatic carbocycles. The maximum absolute atomic E-state index is 11.9. The SMILES string of the molecule is N#CC(NC(=O)c1cccnc1)c1ccccc1. The summed E-state index contributed by atoms with van der Waals surface area (Å²) in [5, 5.41) is 11.8. The highest BCUT2D eigenvalue weighted by molar-refractivity contribution is 5.94. The maximum Gasteiger partial charge on any atom is 0.254 e. The number of amides is 1. The Morgan fingerprint density at radius 2 is 2.00 bits per heavy atom. The monoisotopic (exact) mass is 237 g/mol. The minimum atomic E-state index is -0.654. The van der Waals surface area contributed by atoms with Crippen molar-refractivity contribution < 1.29 is 4.79 Å². The van der Waals surface area contributed by atoms with Crippen molar-refractivity contribution in [3.63, 3.8) is 0 Å². The van der Waals surface area contributed by atoms with Gasteiger partial charge in [0, 0.05) is 12.4 Å². The molecule has 0 radical (unpaired) electrons. The van der Waals surface area contributed by atoms with Crippen LogP contribution in [0.2, 0.25) is 0 Å². The van der Waals surface area contributed by atoms with Crippen molar-refractivity contribution in [1.82, 2.24) is 10.3 Å². The van der Waals surface area contributed by atoms with Gasteiger partial charge in [0.05, 0.1) is 11.6 Å². The smallest absolute Gasteiger partial charge is 0.254 e. The molecule has 0 aliphatic carbocycles. The van der Waals surface area contributed by atoms with Gasteiger partial charge in [0.2, 0.25) is 0 Å². The highest BCUT2D eigenvalue weighted by atomic mass is 16.1. The third kappa shape index (κ3) is 2.71. The van der Waals surface area contributed by atoms with Crippen LogP contribution in [0.15, 0.2) is 54.9 Å². The Bertz CT molecular complexity index is 561. The van der Waals surface area contributed by atoms with Crippen LogP contribution < -0.4 is 5.32 Å². The molecule has 4 nitrogen and oxygen atoms in total. The van der Waals surface area contributed by atoms with E-state index >= 15 is 0 Å². The second-order valence-corrected chi connectivity index (χ2v) is 3.69. The first-order valence-electron chi connectivity index (χ1n) is 5.46. The third-order valence-corrected chi connectivity index (χ3v) is 2.46. The van der Waals surface area contributed by atoms with Crippen molar-refractivity contribution in [1.29, 1.82) is 5.26 Å². The van der Waals surface area contributed by atoms with Gasteiger partial charge in [-0.3, -0.25) is 9.78 Å². The number of aromatic nitrogens is 1. The van der Waals surface area contributed by atoms with E-state index in [4.69, 9.17) is 5.26 Å². The first-order chi connectivity index (χ1) is 8.81. The van der Waals surface area contributed by atoms with E-state index in [2.05, 4.69) is 16.4 Å². The summed E-state index contributed by atoms with van der Waals surface area (Å²) in [6.45, 7) is 0. The summed E-state index contributed by atoms with van der Waals surface area (Å²) in [5.41, 5.74) is 1.20. The molecule has 0 spiro atoms. The third-order valence-electron chi connectivity index (χ3n) is 2.46. The quantitative estimate of drug-likeness (QED) is 0.888. The number of nitrogens with zero attached hydrogens (tertiary/aromatic N) is 2. The van der Waals surface area contributed by atoms with Crippen LogP contribution in [0.1, 0.15) is 22.0 Å². The lowest BCUT2D eigenvalue weighted by molar-refractivity contribution is 0.0945. The number of rotatable bonds is 3. The van der Waals surface area contributed by atoms with E-state index in [1.54, 1.807) is 30.5 Å². The Labute approximate surface area is 105 Å². The number of nitriles is 1. The van der Waals surface area contributed by atoms with Crippen molar-refractivity contribution in [3.8, 4) is 6.07 Å². The number of hydrogen-bond acceptors (Lipinski definition) is 3. The largest absolute Gasteiger partial charge is 0.332 e. The van der Waals surface area contributed by atoms with Crippen molar-refractivity contribution in [2.75, 3.05) is 0 Å². The number of hydrogen-bond donors (Lipinski definition) is 1. The number of carbonyl (C=O) groups excluding carboxylic acids is 1. The second kappa shape index (κ2) is 5.60. The molecule has 1 unspecified atom stereocenters. The average Bonchev–Trinajstić information content (AvgIpc) is 2.46. The first kappa shape index (κ1) is 11.8. The zero-order valence-corrected chi connectivity index (χ0v) is 9.58. The van der Waals surface area contributed by atoms with Gasteiger partial charge in [-0.05, 0) is 17.7 Å². The standard InChI is InChI=1S/C14H11N3O/c15-9-13(11-5-2-1-3-6-11)17-14(18)12-7-4-8-16-10-12/h1-8,10,13H,(H,17,18). The molecule has 2 aromatic rings. The van der Waals surface area contributed by atoms with Crippen molar-refractivity contribution >= 4 is 5.91 Å². The number of nitrogens with one attached hydrogen (secondary N) is 1. The summed E-state index contributed by atoms with van der Waals surface area (Å²) < 4.78 is 0. The van der Waals surface area contributed by atoms with Gasteiger partial charge in [-0.15, -0.1) is 0 Å². The maximum atomic E-state index is 11.9. The van der Waals surface area contributed by atoms with E-state index in [0.29, 0.717) is 5.56 Å². The molecule has 1 aromatic heterocycles. The van der Waals surface area contributed by atoms with Crippen LogP contribution in [0.5, 0.6) is 0 Å². The molecular formula is C14H11N3O. The summed E-state index contributed by atoms with van der Waals surface area (Å²) in [7, 11) is 0. The molecule has 2 rings (SSSR count). The summed E-state index contributed by atoms with van der Waals surface area (Å²) in [5.74, 6) is -0.307. The van der Waals surface area contributed by atoms with Gasteiger partial charge in [0.15, 0.2) is 0 Å². The predicted molar refractivity (Wildman–Crippen MR) is 66.5 cm³/mol. The Morgan fingerprint density at radius 1 is 1.22 bits per heavy atom. The molecule has 0 aliphatic rings. The number of pyridine rings is 1. The fourth-order valence-electron chi connectivity index (χ4n) is 1.55. The minimum absolute atomic E-state index is 0.307. The number of benzene rings is 1. The Hall–Kier alpha value is -2.67. The molecule has 1 atom stereocenters. The van der Waals surface area contributed by atoms with E-state index in [1.165, 1.54) is 6.20 Å². The molecule has 88 valence electrons.